The van der Waals surface area contributed by atoms with Gasteiger partial charge in [0.2, 0.25) is 0 Å². The van der Waals surface area contributed by atoms with Crippen LogP contribution < -0.4 is 5.32 Å². The topological polar surface area (TPSA) is 72.0 Å². The number of nitrogens with one attached hydrogen (secondary N) is 1. The first-order chi connectivity index (χ1) is 12.5. The lowest BCUT2D eigenvalue weighted by Gasteiger charge is -2.14. The zero-order chi connectivity index (χ0) is 18.7. The van der Waals surface area contributed by atoms with Crippen molar-refractivity contribution >= 4 is 41.1 Å². The molecule has 0 aliphatic heterocycles. The first-order valence-corrected chi connectivity index (χ1v) is 8.39. The van der Waals surface area contributed by atoms with E-state index in [-0.39, 0.29) is 16.8 Å². The maximum atomic E-state index is 12.4. The number of halogens is 2. The molecule has 0 saturated heterocycles. The van der Waals surface area contributed by atoms with E-state index >= 15 is 0 Å². The number of anilines is 1. The molecule has 0 atom stereocenters. The van der Waals surface area contributed by atoms with E-state index in [4.69, 9.17) is 23.2 Å². The first-order valence-electron chi connectivity index (χ1n) is 7.64. The third kappa shape index (κ3) is 3.59. The molecule has 7 heteroatoms. The Morgan fingerprint density at radius 2 is 1.88 bits per heavy atom. The number of carbonyl (C=O) groups excluding carboxylic acids is 2. The van der Waals surface area contributed by atoms with Gasteiger partial charge >= 0.3 is 0 Å². The van der Waals surface area contributed by atoms with E-state index in [2.05, 4.69) is 15.3 Å². The average molecular weight is 386 g/mol. The van der Waals surface area contributed by atoms with Crippen molar-refractivity contribution in [3.63, 3.8) is 0 Å². The number of nitrogens with zero attached hydrogens (tertiary/aromatic N) is 2. The first kappa shape index (κ1) is 18.0. The molecule has 0 fully saturated rings. The highest BCUT2D eigenvalue weighted by Crippen LogP contribution is 2.36. The Bertz CT molecular complexity index is 989. The molecule has 0 spiro atoms. The van der Waals surface area contributed by atoms with Crippen molar-refractivity contribution in [2.45, 2.75) is 6.92 Å². The maximum Gasteiger partial charge on any atom is 0.274 e. The van der Waals surface area contributed by atoms with E-state index in [0.29, 0.717) is 22.6 Å². The zero-order valence-corrected chi connectivity index (χ0v) is 15.2. The molecular formula is C19H13Cl2N3O2. The van der Waals surface area contributed by atoms with E-state index in [0.717, 1.165) is 16.7 Å². The number of aromatic nitrogens is 2. The highest BCUT2D eigenvalue weighted by molar-refractivity contribution is 6.43. The van der Waals surface area contributed by atoms with Gasteiger partial charge < -0.3 is 5.32 Å². The minimum Gasteiger partial charge on any atom is -0.320 e. The molecule has 2 heterocycles. The summed E-state index contributed by atoms with van der Waals surface area (Å²) in [6.45, 7) is 1.87. The third-order valence-corrected chi connectivity index (χ3v) is 4.64. The van der Waals surface area contributed by atoms with Crippen molar-refractivity contribution in [2.24, 2.45) is 0 Å². The standard InChI is InChI=1S/C19H13Cl2N3O2/c1-11-13(14-7-8-22-18(21)17(14)20)3-2-4-15(11)24-19(26)16-6-5-12(10-25)9-23-16/h2-10H,1H3,(H,24,26). The number of hydrogen-bond acceptors (Lipinski definition) is 4. The van der Waals surface area contributed by atoms with Crippen LogP contribution in [-0.4, -0.2) is 22.2 Å². The summed E-state index contributed by atoms with van der Waals surface area (Å²) >= 11 is 12.3. The van der Waals surface area contributed by atoms with Crippen LogP contribution in [0.1, 0.15) is 26.4 Å². The third-order valence-electron chi connectivity index (χ3n) is 3.87. The molecule has 0 aliphatic rings. The van der Waals surface area contributed by atoms with Gasteiger partial charge in [0.05, 0.1) is 5.02 Å². The lowest BCUT2D eigenvalue weighted by molar-refractivity contribution is 0.102. The Hall–Kier alpha value is -2.76. The number of carbonyl (C=O) groups is 2. The monoisotopic (exact) mass is 385 g/mol. The summed E-state index contributed by atoms with van der Waals surface area (Å²) in [6.07, 6.45) is 3.60. The highest BCUT2D eigenvalue weighted by atomic mass is 35.5. The molecule has 26 heavy (non-hydrogen) atoms. The molecule has 1 amide bonds. The summed E-state index contributed by atoms with van der Waals surface area (Å²) in [4.78, 5) is 31.0. The molecule has 3 aromatic rings. The van der Waals surface area contributed by atoms with Gasteiger partial charge in [-0.05, 0) is 42.3 Å². The second-order valence-electron chi connectivity index (χ2n) is 5.49. The van der Waals surface area contributed by atoms with Crippen LogP contribution in [0.15, 0.2) is 48.8 Å². The van der Waals surface area contributed by atoms with E-state index in [1.54, 1.807) is 18.3 Å². The number of benzene rings is 1. The predicted octanol–water partition coefficient (Wildman–Crippen LogP) is 4.82. The largest absolute Gasteiger partial charge is 0.320 e. The Morgan fingerprint density at radius 3 is 2.58 bits per heavy atom. The fraction of sp³-hybridized carbons (Fsp3) is 0.0526. The van der Waals surface area contributed by atoms with Gasteiger partial charge in [0.25, 0.3) is 5.91 Å². The Labute approximate surface area is 160 Å². The molecule has 0 aliphatic carbocycles. The van der Waals surface area contributed by atoms with E-state index in [1.165, 1.54) is 18.3 Å². The van der Waals surface area contributed by atoms with Crippen LogP contribution in [0, 0.1) is 6.92 Å². The van der Waals surface area contributed by atoms with Gasteiger partial charge in [0.15, 0.2) is 6.29 Å². The molecule has 0 bridgehead atoms. The molecule has 130 valence electrons. The Balaban J connectivity index is 1.93. The van der Waals surface area contributed by atoms with Crippen molar-refractivity contribution in [3.05, 3.63) is 75.8 Å². The molecule has 2 aromatic heterocycles. The van der Waals surface area contributed by atoms with Crippen molar-refractivity contribution < 1.29 is 9.59 Å². The normalized spacial score (nSPS) is 10.4. The molecule has 1 N–H and O–H groups in total. The smallest absolute Gasteiger partial charge is 0.274 e. The Kier molecular flexibility index (Phi) is 5.30. The summed E-state index contributed by atoms with van der Waals surface area (Å²) in [6, 6.07) is 10.3. The summed E-state index contributed by atoms with van der Waals surface area (Å²) in [5.74, 6) is -0.374. The fourth-order valence-electron chi connectivity index (χ4n) is 2.48. The number of hydrogen-bond donors (Lipinski definition) is 1. The van der Waals surface area contributed by atoms with Gasteiger partial charge in [-0.1, -0.05) is 35.3 Å². The molecule has 0 saturated carbocycles. The Morgan fingerprint density at radius 1 is 1.08 bits per heavy atom. The zero-order valence-electron chi connectivity index (χ0n) is 13.7. The predicted molar refractivity (Wildman–Crippen MR) is 102 cm³/mol. The van der Waals surface area contributed by atoms with Crippen molar-refractivity contribution in [1.82, 2.24) is 9.97 Å². The van der Waals surface area contributed by atoms with Crippen molar-refractivity contribution in [2.75, 3.05) is 5.32 Å². The average Bonchev–Trinajstić information content (AvgIpc) is 2.66. The maximum absolute atomic E-state index is 12.4. The van der Waals surface area contributed by atoms with Crippen LogP contribution >= 0.6 is 23.2 Å². The van der Waals surface area contributed by atoms with E-state index in [1.807, 2.05) is 19.1 Å². The van der Waals surface area contributed by atoms with Crippen LogP contribution in [0.25, 0.3) is 11.1 Å². The molecule has 5 nitrogen and oxygen atoms in total. The molecule has 3 rings (SSSR count). The molecule has 0 unspecified atom stereocenters. The van der Waals surface area contributed by atoms with Gasteiger partial charge in [0.1, 0.15) is 10.8 Å². The molecular weight excluding hydrogens is 373 g/mol. The van der Waals surface area contributed by atoms with Gasteiger partial charge in [-0.2, -0.15) is 0 Å². The summed E-state index contributed by atoms with van der Waals surface area (Å²) in [5.41, 5.74) is 3.64. The lowest BCUT2D eigenvalue weighted by Crippen LogP contribution is -2.14. The minimum atomic E-state index is -0.374. The van der Waals surface area contributed by atoms with Gasteiger partial charge in [-0.25, -0.2) is 4.98 Å². The summed E-state index contributed by atoms with van der Waals surface area (Å²) in [7, 11) is 0. The molecule has 1 aromatic carbocycles. The van der Waals surface area contributed by atoms with Crippen LogP contribution in [-0.2, 0) is 0 Å². The van der Waals surface area contributed by atoms with Crippen LogP contribution in [0.2, 0.25) is 10.2 Å². The fourth-order valence-corrected chi connectivity index (χ4v) is 2.86. The summed E-state index contributed by atoms with van der Waals surface area (Å²) < 4.78 is 0. The summed E-state index contributed by atoms with van der Waals surface area (Å²) in [5, 5.41) is 3.40. The van der Waals surface area contributed by atoms with E-state index in [9.17, 15) is 9.59 Å². The van der Waals surface area contributed by atoms with Crippen LogP contribution in [0.4, 0.5) is 5.69 Å². The second kappa shape index (κ2) is 7.64. The van der Waals surface area contributed by atoms with Crippen LogP contribution in [0.3, 0.4) is 0 Å². The molecule has 0 radical (unpaired) electrons. The number of aldehydes is 1. The number of rotatable bonds is 4. The second-order valence-corrected chi connectivity index (χ2v) is 6.23. The lowest BCUT2D eigenvalue weighted by atomic mass is 10.00. The highest BCUT2D eigenvalue weighted by Gasteiger charge is 2.14. The van der Waals surface area contributed by atoms with Crippen molar-refractivity contribution in [1.29, 1.82) is 0 Å². The minimum absolute atomic E-state index is 0.213. The number of amides is 1. The van der Waals surface area contributed by atoms with Gasteiger partial charge in [-0.3, -0.25) is 14.6 Å². The van der Waals surface area contributed by atoms with Crippen molar-refractivity contribution in [3.8, 4) is 11.1 Å². The van der Waals surface area contributed by atoms with E-state index < -0.39 is 0 Å². The van der Waals surface area contributed by atoms with Gasteiger partial charge in [0, 0.05) is 29.2 Å². The number of pyridine rings is 2. The van der Waals surface area contributed by atoms with Gasteiger partial charge in [-0.15, -0.1) is 0 Å². The SMILES string of the molecule is Cc1c(NC(=O)c2ccc(C=O)cn2)cccc1-c1ccnc(Cl)c1Cl. The van der Waals surface area contributed by atoms with Crippen LogP contribution in [0.5, 0.6) is 0 Å². The quantitative estimate of drug-likeness (QED) is 0.515.